The summed E-state index contributed by atoms with van der Waals surface area (Å²) in [7, 11) is -0.920. The van der Waals surface area contributed by atoms with Crippen LogP contribution in [0.5, 0.6) is 0 Å². The van der Waals surface area contributed by atoms with Gasteiger partial charge in [0.25, 0.3) is 0 Å². The van der Waals surface area contributed by atoms with Gasteiger partial charge in [0.1, 0.15) is 5.03 Å². The fourth-order valence-corrected chi connectivity index (χ4v) is 3.17. The van der Waals surface area contributed by atoms with Crippen molar-refractivity contribution in [1.29, 1.82) is 0 Å². The van der Waals surface area contributed by atoms with Crippen LogP contribution in [-0.4, -0.2) is 28.0 Å². The lowest BCUT2D eigenvalue weighted by Gasteiger charge is -2.21. The molecule has 0 spiro atoms. The molecule has 2 rings (SSSR count). The highest BCUT2D eigenvalue weighted by atomic mass is 32.2. The molecule has 1 atom stereocenters. The van der Waals surface area contributed by atoms with Crippen molar-refractivity contribution in [3.05, 3.63) is 24.4 Å². The van der Waals surface area contributed by atoms with Gasteiger partial charge in [-0.3, -0.25) is 4.21 Å². The Morgan fingerprint density at radius 3 is 2.87 bits per heavy atom. The zero-order valence-corrected chi connectivity index (χ0v) is 9.50. The summed E-state index contributed by atoms with van der Waals surface area (Å²) in [6, 6.07) is 5.59. The van der Waals surface area contributed by atoms with Crippen LogP contribution < -0.4 is 5.32 Å². The second kappa shape index (κ2) is 5.37. The first-order valence-corrected chi connectivity index (χ1v) is 6.68. The molecule has 0 aromatic carbocycles. The highest BCUT2D eigenvalue weighted by Crippen LogP contribution is 2.15. The van der Waals surface area contributed by atoms with Crippen LogP contribution in [0.25, 0.3) is 0 Å². The summed E-state index contributed by atoms with van der Waals surface area (Å²) in [6.07, 6.45) is 3.98. The molecule has 3 nitrogen and oxygen atoms in total. The number of piperidine rings is 1. The quantitative estimate of drug-likeness (QED) is 0.838. The molecule has 1 aromatic heterocycles. The molecule has 82 valence electrons. The maximum atomic E-state index is 11.9. The summed E-state index contributed by atoms with van der Waals surface area (Å²) in [5.74, 6) is 1.35. The van der Waals surface area contributed by atoms with Crippen LogP contribution >= 0.6 is 0 Å². The van der Waals surface area contributed by atoms with Gasteiger partial charge in [-0.15, -0.1) is 0 Å². The Bertz CT molecular complexity index is 323. The van der Waals surface area contributed by atoms with Crippen molar-refractivity contribution in [3.63, 3.8) is 0 Å². The summed E-state index contributed by atoms with van der Waals surface area (Å²) in [6.45, 7) is 2.12. The third-order valence-electron chi connectivity index (χ3n) is 2.72. The van der Waals surface area contributed by atoms with E-state index in [2.05, 4.69) is 10.3 Å². The zero-order chi connectivity index (χ0) is 10.5. The lowest BCUT2D eigenvalue weighted by atomic mass is 10.0. The predicted molar refractivity (Wildman–Crippen MR) is 61.1 cm³/mol. The number of nitrogens with zero attached hydrogens (tertiary/aromatic N) is 1. The molecule has 1 fully saturated rings. The van der Waals surface area contributed by atoms with E-state index in [1.54, 1.807) is 6.20 Å². The van der Waals surface area contributed by atoms with Crippen molar-refractivity contribution in [2.75, 3.05) is 18.8 Å². The summed E-state index contributed by atoms with van der Waals surface area (Å²) in [4.78, 5) is 4.13. The molecule has 0 aliphatic carbocycles. The minimum atomic E-state index is -0.920. The third-order valence-corrected chi connectivity index (χ3v) is 4.20. The first-order chi connectivity index (χ1) is 7.36. The van der Waals surface area contributed by atoms with Crippen LogP contribution in [0.1, 0.15) is 12.8 Å². The summed E-state index contributed by atoms with van der Waals surface area (Å²) in [5, 5.41) is 4.03. The Kier molecular flexibility index (Phi) is 3.86. The Morgan fingerprint density at radius 2 is 2.20 bits per heavy atom. The van der Waals surface area contributed by atoms with Crippen molar-refractivity contribution in [2.45, 2.75) is 17.9 Å². The molecule has 15 heavy (non-hydrogen) atoms. The highest BCUT2D eigenvalue weighted by Gasteiger charge is 2.17. The first-order valence-electron chi connectivity index (χ1n) is 5.36. The van der Waals surface area contributed by atoms with Crippen LogP contribution in [0.4, 0.5) is 0 Å². The van der Waals surface area contributed by atoms with Crippen LogP contribution in [0.15, 0.2) is 29.4 Å². The summed E-state index contributed by atoms with van der Waals surface area (Å²) in [5.41, 5.74) is 0. The van der Waals surface area contributed by atoms with Gasteiger partial charge in [-0.2, -0.15) is 0 Å². The van der Waals surface area contributed by atoms with E-state index in [9.17, 15) is 4.21 Å². The molecule has 0 amide bonds. The van der Waals surface area contributed by atoms with Gasteiger partial charge in [0.15, 0.2) is 0 Å². The molecule has 1 saturated heterocycles. The SMILES string of the molecule is O=[S@@](CC1CCNCC1)c1ccccn1. The predicted octanol–water partition coefficient (Wildman–Crippen LogP) is 1.19. The molecule has 2 heterocycles. The Balaban J connectivity index is 1.91. The Labute approximate surface area is 92.8 Å². The molecule has 1 N–H and O–H groups in total. The standard InChI is InChI=1S/C11H16N2OS/c14-15(11-3-1-2-6-13-11)9-10-4-7-12-8-5-10/h1-3,6,10,12H,4-5,7-9H2/t15-/m0/s1. The molecule has 1 aromatic rings. The summed E-state index contributed by atoms with van der Waals surface area (Å²) < 4.78 is 11.9. The lowest BCUT2D eigenvalue weighted by Crippen LogP contribution is -2.30. The van der Waals surface area contributed by atoms with Crippen molar-refractivity contribution in [2.24, 2.45) is 5.92 Å². The topological polar surface area (TPSA) is 42.0 Å². The second-order valence-corrected chi connectivity index (χ2v) is 5.32. The molecular weight excluding hydrogens is 208 g/mol. The van der Waals surface area contributed by atoms with Gasteiger partial charge in [0.2, 0.25) is 0 Å². The number of pyridine rings is 1. The average molecular weight is 224 g/mol. The number of hydrogen-bond donors (Lipinski definition) is 1. The van der Waals surface area contributed by atoms with Crippen LogP contribution in [0, 0.1) is 5.92 Å². The fraction of sp³-hybridized carbons (Fsp3) is 0.545. The minimum absolute atomic E-state index is 0.592. The van der Waals surface area contributed by atoms with Gasteiger partial charge in [0, 0.05) is 11.9 Å². The van der Waals surface area contributed by atoms with Crippen LogP contribution in [0.2, 0.25) is 0 Å². The highest BCUT2D eigenvalue weighted by molar-refractivity contribution is 7.84. The maximum Gasteiger partial charge on any atom is 0.127 e. The minimum Gasteiger partial charge on any atom is -0.317 e. The van der Waals surface area contributed by atoms with E-state index in [4.69, 9.17) is 0 Å². The number of nitrogens with one attached hydrogen (secondary N) is 1. The molecule has 4 heteroatoms. The number of aromatic nitrogens is 1. The summed E-state index contributed by atoms with van der Waals surface area (Å²) >= 11 is 0. The number of hydrogen-bond acceptors (Lipinski definition) is 3. The van der Waals surface area contributed by atoms with Gasteiger partial charge in [-0.1, -0.05) is 6.07 Å². The monoisotopic (exact) mass is 224 g/mol. The van der Waals surface area contributed by atoms with E-state index < -0.39 is 10.8 Å². The first kappa shape index (κ1) is 10.8. The molecule has 0 saturated carbocycles. The normalized spacial score (nSPS) is 20.0. The molecule has 1 aliphatic rings. The van der Waals surface area contributed by atoms with Crippen LogP contribution in [-0.2, 0) is 10.8 Å². The van der Waals surface area contributed by atoms with E-state index >= 15 is 0 Å². The fourth-order valence-electron chi connectivity index (χ4n) is 1.83. The molecule has 0 radical (unpaired) electrons. The van der Waals surface area contributed by atoms with E-state index in [-0.39, 0.29) is 0 Å². The Morgan fingerprint density at radius 1 is 1.40 bits per heavy atom. The van der Waals surface area contributed by atoms with E-state index in [1.165, 1.54) is 0 Å². The third kappa shape index (κ3) is 3.11. The van der Waals surface area contributed by atoms with Gasteiger partial charge in [-0.25, -0.2) is 4.98 Å². The van der Waals surface area contributed by atoms with Crippen molar-refractivity contribution < 1.29 is 4.21 Å². The van der Waals surface area contributed by atoms with Gasteiger partial charge < -0.3 is 5.32 Å². The lowest BCUT2D eigenvalue weighted by molar-refractivity contribution is 0.405. The number of rotatable bonds is 3. The average Bonchev–Trinajstić information content (AvgIpc) is 2.31. The maximum absolute atomic E-state index is 11.9. The van der Waals surface area contributed by atoms with E-state index in [0.29, 0.717) is 5.92 Å². The largest absolute Gasteiger partial charge is 0.317 e. The van der Waals surface area contributed by atoms with E-state index in [1.807, 2.05) is 18.2 Å². The Hall–Kier alpha value is -0.740. The molecule has 0 bridgehead atoms. The van der Waals surface area contributed by atoms with Crippen LogP contribution in [0.3, 0.4) is 0 Å². The van der Waals surface area contributed by atoms with Crippen molar-refractivity contribution >= 4 is 10.8 Å². The smallest absolute Gasteiger partial charge is 0.127 e. The second-order valence-electron chi connectivity index (χ2n) is 3.87. The van der Waals surface area contributed by atoms with Crippen molar-refractivity contribution in [1.82, 2.24) is 10.3 Å². The van der Waals surface area contributed by atoms with Gasteiger partial charge in [-0.05, 0) is 44.0 Å². The molecule has 1 aliphatic heterocycles. The van der Waals surface area contributed by atoms with E-state index in [0.717, 1.165) is 36.7 Å². The van der Waals surface area contributed by atoms with Crippen molar-refractivity contribution in [3.8, 4) is 0 Å². The van der Waals surface area contributed by atoms with Gasteiger partial charge in [0.05, 0.1) is 10.8 Å². The zero-order valence-electron chi connectivity index (χ0n) is 8.69. The molecule has 0 unspecified atom stereocenters. The molecular formula is C11H16N2OS. The van der Waals surface area contributed by atoms with Gasteiger partial charge >= 0.3 is 0 Å².